The molecule has 3 heteroatoms. The van der Waals surface area contributed by atoms with E-state index in [4.69, 9.17) is 4.74 Å². The fraction of sp³-hybridized carbons (Fsp3) is 0.160. The largest absolute Gasteiger partial charge is 0.447 e. The van der Waals surface area contributed by atoms with Gasteiger partial charge in [0.2, 0.25) is 0 Å². The van der Waals surface area contributed by atoms with Crippen LogP contribution < -0.4 is 0 Å². The van der Waals surface area contributed by atoms with Crippen molar-refractivity contribution in [2.45, 2.75) is 18.9 Å². The monoisotopic (exact) mass is 369 g/mol. The van der Waals surface area contributed by atoms with Crippen LogP contribution in [0.15, 0.2) is 97.2 Å². The number of ether oxygens (including phenoxy) is 1. The van der Waals surface area contributed by atoms with Crippen molar-refractivity contribution in [1.29, 1.82) is 0 Å². The highest BCUT2D eigenvalue weighted by atomic mass is 16.6. The normalized spacial score (nSPS) is 18.0. The Kier molecular flexibility index (Phi) is 5.24. The predicted molar refractivity (Wildman–Crippen MR) is 112 cm³/mol. The molecule has 0 N–H and O–H groups in total. The molecule has 0 aromatic heterocycles. The van der Waals surface area contributed by atoms with Crippen molar-refractivity contribution in [2.24, 2.45) is 0 Å². The number of benzene rings is 3. The van der Waals surface area contributed by atoms with E-state index >= 15 is 0 Å². The third kappa shape index (κ3) is 3.70. The Balaban J connectivity index is 1.77. The van der Waals surface area contributed by atoms with Gasteiger partial charge in [-0.1, -0.05) is 97.9 Å². The van der Waals surface area contributed by atoms with Crippen LogP contribution in [0.2, 0.25) is 0 Å². The molecule has 0 bridgehead atoms. The predicted octanol–water partition coefficient (Wildman–Crippen LogP) is 6.02. The second-order valence-corrected chi connectivity index (χ2v) is 6.99. The van der Waals surface area contributed by atoms with Gasteiger partial charge in [0.15, 0.2) is 0 Å². The highest BCUT2D eigenvalue weighted by Gasteiger charge is 2.33. The maximum atomic E-state index is 12.5. The molecule has 1 saturated heterocycles. The van der Waals surface area contributed by atoms with Gasteiger partial charge in [-0.2, -0.15) is 0 Å². The summed E-state index contributed by atoms with van der Waals surface area (Å²) in [5.74, 6) is 0.133. The summed E-state index contributed by atoms with van der Waals surface area (Å²) < 4.78 is 5.40. The topological polar surface area (TPSA) is 29.5 Å². The number of hydrogen-bond donors (Lipinski definition) is 0. The molecule has 0 spiro atoms. The molecular formula is C25H23NO2. The summed E-state index contributed by atoms with van der Waals surface area (Å²) in [5.41, 5.74) is 4.47. The molecule has 3 aromatic carbocycles. The minimum atomic E-state index is -0.303. The number of allylic oxidation sites excluding steroid dienone is 1. The van der Waals surface area contributed by atoms with E-state index in [9.17, 15) is 4.79 Å². The van der Waals surface area contributed by atoms with E-state index in [-0.39, 0.29) is 18.1 Å². The van der Waals surface area contributed by atoms with Crippen molar-refractivity contribution in [2.75, 3.05) is 6.61 Å². The highest BCUT2D eigenvalue weighted by molar-refractivity contribution is 5.78. The Morgan fingerprint density at radius 3 is 2.14 bits per heavy atom. The van der Waals surface area contributed by atoms with Gasteiger partial charge >= 0.3 is 6.09 Å². The number of carbonyl (C=O) groups excluding carboxylic acids is 1. The minimum absolute atomic E-state index is 0.115. The van der Waals surface area contributed by atoms with Crippen LogP contribution in [0.3, 0.4) is 0 Å². The first kappa shape index (κ1) is 18.1. The molecular weight excluding hydrogens is 346 g/mol. The molecule has 1 unspecified atom stereocenters. The summed E-state index contributed by atoms with van der Waals surface area (Å²) in [6, 6.07) is 30.5. The number of amides is 1. The molecule has 3 aromatic rings. The zero-order valence-corrected chi connectivity index (χ0v) is 15.9. The molecule has 28 heavy (non-hydrogen) atoms. The lowest BCUT2D eigenvalue weighted by Gasteiger charge is -2.23. The van der Waals surface area contributed by atoms with Crippen molar-refractivity contribution in [1.82, 2.24) is 4.90 Å². The first-order valence-corrected chi connectivity index (χ1v) is 9.56. The fourth-order valence-electron chi connectivity index (χ4n) is 3.65. The second kappa shape index (κ2) is 8.13. The van der Waals surface area contributed by atoms with E-state index in [0.717, 1.165) is 16.7 Å². The van der Waals surface area contributed by atoms with Crippen molar-refractivity contribution >= 4 is 11.7 Å². The second-order valence-electron chi connectivity index (χ2n) is 6.99. The first-order valence-electron chi connectivity index (χ1n) is 9.56. The molecule has 0 saturated carbocycles. The van der Waals surface area contributed by atoms with Crippen LogP contribution in [0.1, 0.15) is 35.6 Å². The van der Waals surface area contributed by atoms with E-state index in [1.165, 1.54) is 5.56 Å². The highest BCUT2D eigenvalue weighted by Crippen LogP contribution is 2.35. The zero-order valence-electron chi connectivity index (χ0n) is 15.9. The summed E-state index contributed by atoms with van der Waals surface area (Å²) >= 11 is 0. The standard InChI is InChI=1S/C25H23NO2/c1-19(20-11-5-2-6-12-20)23(21-13-7-3-8-14-21)17-26-24(18-28-25(26)27)22-15-9-4-10-16-22/h2-17,19,24H,18H2,1H3/b23-17-/t19?,24-/m1/s1. The van der Waals surface area contributed by atoms with Crippen LogP contribution in [-0.2, 0) is 4.74 Å². The summed E-state index contributed by atoms with van der Waals surface area (Å²) in [7, 11) is 0. The molecule has 1 aliphatic rings. The lowest BCUT2D eigenvalue weighted by atomic mass is 9.88. The summed E-state index contributed by atoms with van der Waals surface area (Å²) in [5, 5.41) is 0. The van der Waals surface area contributed by atoms with Crippen LogP contribution in [0.5, 0.6) is 0 Å². The molecule has 1 heterocycles. The van der Waals surface area contributed by atoms with E-state index < -0.39 is 0 Å². The SMILES string of the molecule is CC(/C(=C/N1C(=O)OC[C@@H]1c1ccccc1)c1ccccc1)c1ccccc1. The maximum absolute atomic E-state index is 12.5. The molecule has 3 nitrogen and oxygen atoms in total. The third-order valence-corrected chi connectivity index (χ3v) is 5.25. The molecule has 140 valence electrons. The van der Waals surface area contributed by atoms with Crippen LogP contribution in [0, 0.1) is 0 Å². The Morgan fingerprint density at radius 2 is 1.50 bits per heavy atom. The Morgan fingerprint density at radius 1 is 0.929 bits per heavy atom. The molecule has 1 amide bonds. The van der Waals surface area contributed by atoms with Gasteiger partial charge in [0.05, 0.1) is 6.04 Å². The third-order valence-electron chi connectivity index (χ3n) is 5.25. The molecule has 1 fully saturated rings. The fourth-order valence-corrected chi connectivity index (χ4v) is 3.65. The van der Waals surface area contributed by atoms with Gasteiger partial charge in [-0.05, 0) is 22.3 Å². The zero-order chi connectivity index (χ0) is 19.3. The van der Waals surface area contributed by atoms with Gasteiger partial charge in [0.1, 0.15) is 6.61 Å². The van der Waals surface area contributed by atoms with Crippen molar-refractivity contribution in [3.8, 4) is 0 Å². The summed E-state index contributed by atoms with van der Waals surface area (Å²) in [6.45, 7) is 2.54. The molecule has 4 rings (SSSR count). The minimum Gasteiger partial charge on any atom is -0.447 e. The van der Waals surface area contributed by atoms with Gasteiger partial charge in [0, 0.05) is 12.1 Å². The van der Waals surface area contributed by atoms with E-state index in [2.05, 4.69) is 31.2 Å². The number of cyclic esters (lactones) is 1. The number of rotatable bonds is 5. The van der Waals surface area contributed by atoms with Gasteiger partial charge < -0.3 is 4.74 Å². The van der Waals surface area contributed by atoms with Gasteiger partial charge in [-0.15, -0.1) is 0 Å². The number of hydrogen-bond acceptors (Lipinski definition) is 2. The van der Waals surface area contributed by atoms with Crippen molar-refractivity contribution in [3.05, 3.63) is 114 Å². The number of nitrogens with zero attached hydrogens (tertiary/aromatic N) is 1. The van der Waals surface area contributed by atoms with E-state index in [1.807, 2.05) is 72.9 Å². The lowest BCUT2D eigenvalue weighted by molar-refractivity contribution is 0.166. The number of carbonyl (C=O) groups is 1. The lowest BCUT2D eigenvalue weighted by Crippen LogP contribution is -2.22. The van der Waals surface area contributed by atoms with Crippen LogP contribution in [0.4, 0.5) is 4.79 Å². The smallest absolute Gasteiger partial charge is 0.414 e. The summed E-state index contributed by atoms with van der Waals surface area (Å²) in [6.07, 6.45) is 1.67. The Labute approximate surface area is 165 Å². The summed E-state index contributed by atoms with van der Waals surface area (Å²) in [4.78, 5) is 14.3. The van der Waals surface area contributed by atoms with Gasteiger partial charge in [-0.25, -0.2) is 4.79 Å². The first-order chi connectivity index (χ1) is 13.7. The average Bonchev–Trinajstić information content (AvgIpc) is 3.13. The molecule has 2 atom stereocenters. The molecule has 1 aliphatic heterocycles. The molecule has 0 radical (unpaired) electrons. The van der Waals surface area contributed by atoms with Crippen LogP contribution >= 0.6 is 0 Å². The van der Waals surface area contributed by atoms with Crippen molar-refractivity contribution in [3.63, 3.8) is 0 Å². The quantitative estimate of drug-likeness (QED) is 0.550. The average molecular weight is 369 g/mol. The molecule has 0 aliphatic carbocycles. The Bertz CT molecular complexity index is 952. The Hall–Kier alpha value is -3.33. The van der Waals surface area contributed by atoms with Gasteiger partial charge in [0.25, 0.3) is 0 Å². The van der Waals surface area contributed by atoms with Crippen LogP contribution in [-0.4, -0.2) is 17.6 Å². The van der Waals surface area contributed by atoms with Crippen molar-refractivity contribution < 1.29 is 9.53 Å². The van der Waals surface area contributed by atoms with E-state index in [0.29, 0.717) is 6.61 Å². The maximum Gasteiger partial charge on any atom is 0.414 e. The van der Waals surface area contributed by atoms with E-state index in [1.54, 1.807) is 4.90 Å². The van der Waals surface area contributed by atoms with Crippen LogP contribution in [0.25, 0.3) is 5.57 Å². The van der Waals surface area contributed by atoms with Gasteiger partial charge in [-0.3, -0.25) is 4.90 Å².